The van der Waals surface area contributed by atoms with Gasteiger partial charge in [0.2, 0.25) is 0 Å². The summed E-state index contributed by atoms with van der Waals surface area (Å²) in [5, 5.41) is 12.5. The summed E-state index contributed by atoms with van der Waals surface area (Å²) in [7, 11) is 3.76. The number of rotatable bonds is 4. The number of amides is 1. The Bertz CT molecular complexity index is 1190. The molecule has 1 amide bonds. The van der Waals surface area contributed by atoms with Gasteiger partial charge in [0, 0.05) is 49.0 Å². The molecule has 0 bridgehead atoms. The normalized spacial score (nSPS) is 11.1. The van der Waals surface area contributed by atoms with E-state index < -0.39 is 0 Å². The molecular formula is C21H22N6O. The number of nitrogens with one attached hydrogen (secondary N) is 1. The maximum absolute atomic E-state index is 13.0. The number of pyridine rings is 1. The summed E-state index contributed by atoms with van der Waals surface area (Å²) >= 11 is 0. The molecule has 0 radical (unpaired) electrons. The van der Waals surface area contributed by atoms with Crippen LogP contribution < -0.4 is 5.32 Å². The predicted molar refractivity (Wildman–Crippen MR) is 108 cm³/mol. The summed E-state index contributed by atoms with van der Waals surface area (Å²) in [4.78, 5) is 17.8. The topological polar surface area (TPSA) is 77.6 Å². The van der Waals surface area contributed by atoms with Crippen molar-refractivity contribution in [2.75, 3.05) is 0 Å². The van der Waals surface area contributed by atoms with Crippen LogP contribution in [0.15, 0.2) is 42.7 Å². The molecule has 1 aromatic carbocycles. The molecule has 142 valence electrons. The molecule has 0 unspecified atom stereocenters. The standard InChI is InChI=1S/C21H22N6O/c1-13-18(12-26(3)25-13)20-9-17(16-7-5-6-8-19(16)24-20)21(28)22-10-15-11-23-27(4)14(15)2/h5-9,11-12H,10H2,1-4H3,(H,22,28). The summed E-state index contributed by atoms with van der Waals surface area (Å²) in [5.74, 6) is -0.135. The lowest BCUT2D eigenvalue weighted by Gasteiger charge is -2.10. The Morgan fingerprint density at radius 1 is 1.18 bits per heavy atom. The lowest BCUT2D eigenvalue weighted by Crippen LogP contribution is -2.23. The van der Waals surface area contributed by atoms with Crippen LogP contribution in [-0.4, -0.2) is 30.5 Å². The lowest BCUT2D eigenvalue weighted by molar-refractivity contribution is 0.0952. The van der Waals surface area contributed by atoms with E-state index in [1.165, 1.54) is 0 Å². The average molecular weight is 374 g/mol. The van der Waals surface area contributed by atoms with Gasteiger partial charge in [-0.05, 0) is 26.0 Å². The highest BCUT2D eigenvalue weighted by atomic mass is 16.1. The third-order valence-corrected chi connectivity index (χ3v) is 5.03. The predicted octanol–water partition coefficient (Wildman–Crippen LogP) is 2.92. The van der Waals surface area contributed by atoms with E-state index in [0.29, 0.717) is 12.1 Å². The fraction of sp³-hybridized carbons (Fsp3) is 0.238. The van der Waals surface area contributed by atoms with Crippen LogP contribution in [0.3, 0.4) is 0 Å². The highest BCUT2D eigenvalue weighted by Gasteiger charge is 2.16. The van der Waals surface area contributed by atoms with Crippen molar-refractivity contribution in [2.45, 2.75) is 20.4 Å². The second kappa shape index (κ2) is 6.92. The molecule has 0 fully saturated rings. The molecule has 0 atom stereocenters. The molecule has 0 aliphatic heterocycles. The molecule has 0 aliphatic carbocycles. The second-order valence-electron chi connectivity index (χ2n) is 6.94. The third kappa shape index (κ3) is 3.15. The van der Waals surface area contributed by atoms with E-state index >= 15 is 0 Å². The van der Waals surface area contributed by atoms with Crippen molar-refractivity contribution in [3.05, 3.63) is 65.2 Å². The van der Waals surface area contributed by atoms with Crippen molar-refractivity contribution >= 4 is 16.8 Å². The Balaban J connectivity index is 1.73. The van der Waals surface area contributed by atoms with Crippen LogP contribution in [0.1, 0.15) is 27.3 Å². The fourth-order valence-electron chi connectivity index (χ4n) is 3.34. The summed E-state index contributed by atoms with van der Waals surface area (Å²) < 4.78 is 3.55. The first kappa shape index (κ1) is 17.9. The fourth-order valence-corrected chi connectivity index (χ4v) is 3.34. The van der Waals surface area contributed by atoms with Gasteiger partial charge in [0.25, 0.3) is 5.91 Å². The van der Waals surface area contributed by atoms with Crippen LogP contribution in [0.4, 0.5) is 0 Å². The van der Waals surface area contributed by atoms with E-state index in [4.69, 9.17) is 4.98 Å². The van der Waals surface area contributed by atoms with Crippen molar-refractivity contribution in [3.63, 3.8) is 0 Å². The van der Waals surface area contributed by atoms with Crippen molar-refractivity contribution in [1.29, 1.82) is 0 Å². The highest BCUT2D eigenvalue weighted by Crippen LogP contribution is 2.26. The smallest absolute Gasteiger partial charge is 0.252 e. The quantitative estimate of drug-likeness (QED) is 0.596. The number of para-hydroxylation sites is 1. The number of benzene rings is 1. The zero-order chi connectivity index (χ0) is 19.8. The van der Waals surface area contributed by atoms with Gasteiger partial charge in [0.05, 0.1) is 28.7 Å². The zero-order valence-corrected chi connectivity index (χ0v) is 16.4. The number of hydrogen-bond acceptors (Lipinski definition) is 4. The van der Waals surface area contributed by atoms with E-state index in [1.807, 2.05) is 64.5 Å². The van der Waals surface area contributed by atoms with E-state index in [9.17, 15) is 4.79 Å². The summed E-state index contributed by atoms with van der Waals surface area (Å²) in [6.45, 7) is 4.35. The maximum Gasteiger partial charge on any atom is 0.252 e. The molecular weight excluding hydrogens is 352 g/mol. The van der Waals surface area contributed by atoms with Gasteiger partial charge in [0.15, 0.2) is 0 Å². The first-order chi connectivity index (χ1) is 13.4. The number of carbonyl (C=O) groups is 1. The molecule has 28 heavy (non-hydrogen) atoms. The van der Waals surface area contributed by atoms with Gasteiger partial charge in [-0.2, -0.15) is 10.2 Å². The Morgan fingerprint density at radius 3 is 2.64 bits per heavy atom. The number of aromatic nitrogens is 5. The van der Waals surface area contributed by atoms with Crippen LogP contribution >= 0.6 is 0 Å². The number of carbonyl (C=O) groups excluding carboxylic acids is 1. The molecule has 4 rings (SSSR count). The number of fused-ring (bicyclic) bond motifs is 1. The van der Waals surface area contributed by atoms with E-state index in [1.54, 1.807) is 15.6 Å². The highest BCUT2D eigenvalue weighted by molar-refractivity contribution is 6.07. The Kier molecular flexibility index (Phi) is 4.43. The van der Waals surface area contributed by atoms with Crippen LogP contribution in [0.25, 0.3) is 22.2 Å². The van der Waals surface area contributed by atoms with Gasteiger partial charge in [0.1, 0.15) is 0 Å². The van der Waals surface area contributed by atoms with Crippen molar-refractivity contribution < 1.29 is 4.79 Å². The summed E-state index contributed by atoms with van der Waals surface area (Å²) in [5.41, 5.74) is 5.96. The van der Waals surface area contributed by atoms with E-state index in [2.05, 4.69) is 15.5 Å². The van der Waals surface area contributed by atoms with Crippen molar-refractivity contribution in [1.82, 2.24) is 29.9 Å². The SMILES string of the molecule is Cc1nn(C)cc1-c1cc(C(=O)NCc2cnn(C)c2C)c2ccccc2n1. The van der Waals surface area contributed by atoms with Crippen LogP contribution in [0, 0.1) is 13.8 Å². The lowest BCUT2D eigenvalue weighted by atomic mass is 10.0. The van der Waals surface area contributed by atoms with Crippen molar-refractivity contribution in [2.24, 2.45) is 14.1 Å². The number of aryl methyl sites for hydroxylation is 3. The molecule has 0 spiro atoms. The number of nitrogens with zero attached hydrogens (tertiary/aromatic N) is 5. The van der Waals surface area contributed by atoms with Crippen LogP contribution in [0.2, 0.25) is 0 Å². The molecule has 1 N–H and O–H groups in total. The van der Waals surface area contributed by atoms with Crippen LogP contribution in [-0.2, 0) is 20.6 Å². The minimum absolute atomic E-state index is 0.135. The summed E-state index contributed by atoms with van der Waals surface area (Å²) in [6, 6.07) is 9.54. The van der Waals surface area contributed by atoms with Gasteiger partial charge in [-0.15, -0.1) is 0 Å². The minimum Gasteiger partial charge on any atom is -0.348 e. The van der Waals surface area contributed by atoms with Gasteiger partial charge >= 0.3 is 0 Å². The van der Waals surface area contributed by atoms with Gasteiger partial charge in [-0.25, -0.2) is 4.98 Å². The first-order valence-corrected chi connectivity index (χ1v) is 9.10. The van der Waals surface area contributed by atoms with Gasteiger partial charge in [-0.1, -0.05) is 18.2 Å². The van der Waals surface area contributed by atoms with E-state index in [-0.39, 0.29) is 5.91 Å². The van der Waals surface area contributed by atoms with Gasteiger partial charge < -0.3 is 5.32 Å². The third-order valence-electron chi connectivity index (χ3n) is 5.03. The average Bonchev–Trinajstić information content (AvgIpc) is 3.20. The second-order valence-corrected chi connectivity index (χ2v) is 6.94. The number of hydrogen-bond donors (Lipinski definition) is 1. The summed E-state index contributed by atoms with van der Waals surface area (Å²) in [6.07, 6.45) is 3.71. The molecule has 0 saturated heterocycles. The Labute approximate surface area is 163 Å². The van der Waals surface area contributed by atoms with E-state index in [0.717, 1.165) is 39.1 Å². The van der Waals surface area contributed by atoms with Crippen molar-refractivity contribution in [3.8, 4) is 11.3 Å². The Hall–Kier alpha value is -3.48. The first-order valence-electron chi connectivity index (χ1n) is 9.10. The maximum atomic E-state index is 13.0. The molecule has 4 aromatic rings. The molecule has 0 saturated carbocycles. The van der Waals surface area contributed by atoms with Crippen LogP contribution in [0.5, 0.6) is 0 Å². The molecule has 3 aromatic heterocycles. The van der Waals surface area contributed by atoms with Gasteiger partial charge in [-0.3, -0.25) is 14.2 Å². The molecule has 0 aliphatic rings. The Morgan fingerprint density at radius 2 is 1.96 bits per heavy atom. The monoisotopic (exact) mass is 374 g/mol. The largest absolute Gasteiger partial charge is 0.348 e. The zero-order valence-electron chi connectivity index (χ0n) is 16.4. The molecule has 3 heterocycles. The molecule has 7 nitrogen and oxygen atoms in total. The minimum atomic E-state index is -0.135. The molecule has 7 heteroatoms.